The van der Waals surface area contributed by atoms with Crippen molar-refractivity contribution >= 4 is 17.7 Å². The largest absolute Gasteiger partial charge is 0.464 e. The van der Waals surface area contributed by atoms with Crippen LogP contribution in [0.15, 0.2) is 24.5 Å². The average Bonchev–Trinajstić information content (AvgIpc) is 2.77. The Labute approximate surface area is 166 Å². The van der Waals surface area contributed by atoms with E-state index in [0.29, 0.717) is 26.0 Å². The molecule has 0 bridgehead atoms. The Hall–Kier alpha value is -2.24. The van der Waals surface area contributed by atoms with E-state index < -0.39 is 11.9 Å². The summed E-state index contributed by atoms with van der Waals surface area (Å²) in [5.74, 6) is -1.34. The topological polar surface area (TPSA) is 76.6 Å². The second-order valence-corrected chi connectivity index (χ2v) is 7.84. The molecule has 0 aromatic carbocycles. The number of carbonyl (C=O) groups is 3. The van der Waals surface area contributed by atoms with E-state index in [1.807, 2.05) is 12.1 Å². The normalized spacial score (nSPS) is 20.6. The van der Waals surface area contributed by atoms with Gasteiger partial charge in [-0.1, -0.05) is 25.3 Å². The summed E-state index contributed by atoms with van der Waals surface area (Å²) >= 11 is 0. The monoisotopic (exact) mass is 386 g/mol. The molecular formula is C22H30N2O4. The minimum Gasteiger partial charge on any atom is -0.464 e. The number of likely N-dealkylation sites (tertiary alicyclic amines) is 1. The number of aryl methyl sites for hydroxylation is 1. The fraction of sp³-hybridized carbons (Fsp3) is 0.636. The van der Waals surface area contributed by atoms with Crippen molar-refractivity contribution < 1.29 is 19.1 Å². The number of hydrogen-bond acceptors (Lipinski definition) is 5. The molecule has 1 aromatic heterocycles. The minimum absolute atomic E-state index is 0.167. The first-order valence-electron chi connectivity index (χ1n) is 10.6. The van der Waals surface area contributed by atoms with Crippen LogP contribution in [0.4, 0.5) is 0 Å². The van der Waals surface area contributed by atoms with Crippen molar-refractivity contribution in [2.24, 2.45) is 5.92 Å². The Balaban J connectivity index is 1.50. The fourth-order valence-corrected chi connectivity index (χ4v) is 4.19. The zero-order chi connectivity index (χ0) is 19.8. The highest BCUT2D eigenvalue weighted by Gasteiger charge is 2.38. The van der Waals surface area contributed by atoms with Gasteiger partial charge in [0.2, 0.25) is 5.78 Å². The van der Waals surface area contributed by atoms with Gasteiger partial charge in [-0.25, -0.2) is 4.79 Å². The van der Waals surface area contributed by atoms with E-state index in [2.05, 4.69) is 4.98 Å². The van der Waals surface area contributed by atoms with Gasteiger partial charge in [0.05, 0.1) is 6.61 Å². The van der Waals surface area contributed by atoms with E-state index in [0.717, 1.165) is 56.9 Å². The number of ketones is 1. The first-order valence-corrected chi connectivity index (χ1v) is 10.6. The molecule has 6 heteroatoms. The maximum atomic E-state index is 12.8. The third-order valence-corrected chi connectivity index (χ3v) is 5.80. The smallest absolute Gasteiger partial charge is 0.328 e. The lowest BCUT2D eigenvalue weighted by molar-refractivity contribution is -0.160. The molecule has 3 rings (SSSR count). The minimum atomic E-state index is -0.618. The highest BCUT2D eigenvalue weighted by atomic mass is 16.5. The molecule has 152 valence electrons. The molecule has 1 atom stereocenters. The molecule has 1 saturated carbocycles. The number of Topliss-reactive ketones (excluding diaryl/α,β-unsaturated/α-hetero) is 1. The summed E-state index contributed by atoms with van der Waals surface area (Å²) in [5.41, 5.74) is 1.10. The molecule has 0 spiro atoms. The van der Waals surface area contributed by atoms with Crippen LogP contribution < -0.4 is 0 Å². The van der Waals surface area contributed by atoms with Gasteiger partial charge in [0, 0.05) is 24.9 Å². The Morgan fingerprint density at radius 2 is 1.86 bits per heavy atom. The summed E-state index contributed by atoms with van der Waals surface area (Å²) in [5, 5.41) is 0. The van der Waals surface area contributed by atoms with Gasteiger partial charge in [0.1, 0.15) is 6.04 Å². The first-order chi connectivity index (χ1) is 13.7. The molecule has 28 heavy (non-hydrogen) atoms. The summed E-state index contributed by atoms with van der Waals surface area (Å²) in [6.07, 6.45) is 12.0. The molecule has 2 heterocycles. The lowest BCUT2D eigenvalue weighted by Gasteiger charge is -2.34. The van der Waals surface area contributed by atoms with E-state index >= 15 is 0 Å². The summed E-state index contributed by atoms with van der Waals surface area (Å²) in [7, 11) is 0. The SMILES string of the molecule is O=C(C(=O)N1CCCC[C@H]1C(=O)OCCCc1cccnc1)C1CCCCC1. The van der Waals surface area contributed by atoms with Crippen LogP contribution >= 0.6 is 0 Å². The number of ether oxygens (including phenoxy) is 1. The van der Waals surface area contributed by atoms with E-state index in [1.165, 1.54) is 4.90 Å². The molecule has 1 aliphatic heterocycles. The second kappa shape index (κ2) is 10.3. The number of aromatic nitrogens is 1. The van der Waals surface area contributed by atoms with Gasteiger partial charge >= 0.3 is 5.97 Å². The van der Waals surface area contributed by atoms with Crippen LogP contribution in [0.5, 0.6) is 0 Å². The summed E-state index contributed by atoms with van der Waals surface area (Å²) in [6, 6.07) is 3.26. The molecule has 1 amide bonds. The molecule has 1 aliphatic carbocycles. The van der Waals surface area contributed by atoms with Crippen molar-refractivity contribution in [3.8, 4) is 0 Å². The zero-order valence-corrected chi connectivity index (χ0v) is 16.5. The first kappa shape index (κ1) is 20.5. The molecule has 1 saturated heterocycles. The van der Waals surface area contributed by atoms with Crippen LogP contribution in [0.3, 0.4) is 0 Å². The van der Waals surface area contributed by atoms with Gasteiger partial charge in [0.15, 0.2) is 0 Å². The molecule has 6 nitrogen and oxygen atoms in total. The number of rotatable bonds is 7. The molecule has 1 aromatic rings. The molecule has 0 N–H and O–H groups in total. The maximum Gasteiger partial charge on any atom is 0.328 e. The third kappa shape index (κ3) is 5.40. The summed E-state index contributed by atoms with van der Waals surface area (Å²) in [4.78, 5) is 43.6. The number of piperidine rings is 1. The van der Waals surface area contributed by atoms with Crippen LogP contribution in [-0.2, 0) is 25.5 Å². The van der Waals surface area contributed by atoms with Crippen molar-refractivity contribution in [1.82, 2.24) is 9.88 Å². The number of esters is 1. The van der Waals surface area contributed by atoms with Crippen LogP contribution in [0.25, 0.3) is 0 Å². The Morgan fingerprint density at radius 1 is 1.07 bits per heavy atom. The molecule has 2 fully saturated rings. The Bertz CT molecular complexity index is 670. The van der Waals surface area contributed by atoms with E-state index in [4.69, 9.17) is 4.74 Å². The fourth-order valence-electron chi connectivity index (χ4n) is 4.19. The van der Waals surface area contributed by atoms with Crippen LogP contribution in [0.1, 0.15) is 63.4 Å². The Kier molecular flexibility index (Phi) is 7.57. The Morgan fingerprint density at radius 3 is 2.61 bits per heavy atom. The van der Waals surface area contributed by atoms with Crippen molar-refractivity contribution in [2.45, 2.75) is 70.3 Å². The molecular weight excluding hydrogens is 356 g/mol. The lowest BCUT2D eigenvalue weighted by atomic mass is 9.85. The predicted molar refractivity (Wildman–Crippen MR) is 104 cm³/mol. The summed E-state index contributed by atoms with van der Waals surface area (Å²) in [6.45, 7) is 0.773. The predicted octanol–water partition coefficient (Wildman–Crippen LogP) is 3.09. The average molecular weight is 386 g/mol. The number of nitrogens with zero attached hydrogens (tertiary/aromatic N) is 2. The summed E-state index contributed by atoms with van der Waals surface area (Å²) < 4.78 is 5.44. The van der Waals surface area contributed by atoms with Crippen LogP contribution in [0.2, 0.25) is 0 Å². The van der Waals surface area contributed by atoms with Gasteiger partial charge in [-0.2, -0.15) is 0 Å². The zero-order valence-electron chi connectivity index (χ0n) is 16.5. The van der Waals surface area contributed by atoms with Gasteiger partial charge in [-0.3, -0.25) is 14.6 Å². The van der Waals surface area contributed by atoms with Gasteiger partial charge < -0.3 is 9.64 Å². The second-order valence-electron chi connectivity index (χ2n) is 7.84. The van der Waals surface area contributed by atoms with Gasteiger partial charge in [-0.15, -0.1) is 0 Å². The van der Waals surface area contributed by atoms with Gasteiger partial charge in [-0.05, 0) is 56.6 Å². The van der Waals surface area contributed by atoms with E-state index in [1.54, 1.807) is 12.4 Å². The van der Waals surface area contributed by atoms with Gasteiger partial charge in [0.25, 0.3) is 5.91 Å². The molecule has 2 aliphatic rings. The maximum absolute atomic E-state index is 12.8. The quantitative estimate of drug-likeness (QED) is 0.409. The number of pyridine rings is 1. The standard InChI is InChI=1S/C22H30N2O4/c25-20(18-10-2-1-3-11-18)21(26)24-14-5-4-12-19(24)22(27)28-15-7-9-17-8-6-13-23-16-17/h6,8,13,16,18-19H,1-5,7,9-12,14-15H2/t19-/m0/s1. The van der Waals surface area contributed by atoms with Crippen LogP contribution in [0, 0.1) is 5.92 Å². The van der Waals surface area contributed by atoms with Crippen LogP contribution in [-0.4, -0.2) is 46.7 Å². The number of carbonyl (C=O) groups excluding carboxylic acids is 3. The highest BCUT2D eigenvalue weighted by molar-refractivity contribution is 6.37. The number of amides is 1. The van der Waals surface area contributed by atoms with E-state index in [9.17, 15) is 14.4 Å². The molecule has 0 radical (unpaired) electrons. The van der Waals surface area contributed by atoms with Crippen molar-refractivity contribution in [1.29, 1.82) is 0 Å². The third-order valence-electron chi connectivity index (χ3n) is 5.80. The number of hydrogen-bond donors (Lipinski definition) is 0. The molecule has 0 unspecified atom stereocenters. The van der Waals surface area contributed by atoms with Crippen molar-refractivity contribution in [2.75, 3.05) is 13.2 Å². The lowest BCUT2D eigenvalue weighted by Crippen LogP contribution is -2.52. The highest BCUT2D eigenvalue weighted by Crippen LogP contribution is 2.26. The van der Waals surface area contributed by atoms with Crippen molar-refractivity contribution in [3.05, 3.63) is 30.1 Å². The van der Waals surface area contributed by atoms with E-state index in [-0.39, 0.29) is 17.7 Å². The van der Waals surface area contributed by atoms with Crippen molar-refractivity contribution in [3.63, 3.8) is 0 Å².